The van der Waals surface area contributed by atoms with E-state index in [2.05, 4.69) is 21.7 Å². The number of amides is 2. The Morgan fingerprint density at radius 2 is 1.85 bits per heavy atom. The molecule has 134 valence electrons. The van der Waals surface area contributed by atoms with Crippen molar-refractivity contribution < 1.29 is 9.59 Å². The second-order valence-electron chi connectivity index (χ2n) is 6.27. The highest BCUT2D eigenvalue weighted by molar-refractivity contribution is 5.93. The predicted molar refractivity (Wildman–Crippen MR) is 100 cm³/mol. The Morgan fingerprint density at radius 1 is 1.04 bits per heavy atom. The SMILES string of the molecule is Cc1cccc(/C=C/C(=O)NNC(=O)C2CC(c3ccccc3)NN2)c1. The van der Waals surface area contributed by atoms with Crippen LogP contribution in [0.2, 0.25) is 0 Å². The van der Waals surface area contributed by atoms with Crippen LogP contribution >= 0.6 is 0 Å². The van der Waals surface area contributed by atoms with Crippen LogP contribution in [-0.2, 0) is 9.59 Å². The molecule has 6 nitrogen and oxygen atoms in total. The zero-order valence-electron chi connectivity index (χ0n) is 14.5. The summed E-state index contributed by atoms with van der Waals surface area (Å²) in [4.78, 5) is 24.1. The smallest absolute Gasteiger partial charge is 0.262 e. The van der Waals surface area contributed by atoms with E-state index in [4.69, 9.17) is 0 Å². The van der Waals surface area contributed by atoms with Crippen molar-refractivity contribution in [3.05, 3.63) is 77.4 Å². The lowest BCUT2D eigenvalue weighted by Gasteiger charge is -2.10. The Labute approximate surface area is 152 Å². The molecule has 1 aliphatic heterocycles. The quantitative estimate of drug-likeness (QED) is 0.500. The Hall–Kier alpha value is -2.96. The maximum absolute atomic E-state index is 12.2. The molecule has 1 saturated heterocycles. The molecular formula is C20H22N4O2. The topological polar surface area (TPSA) is 82.3 Å². The van der Waals surface area contributed by atoms with Gasteiger partial charge in [0.05, 0.1) is 0 Å². The molecule has 2 aromatic rings. The Morgan fingerprint density at radius 3 is 2.62 bits per heavy atom. The van der Waals surface area contributed by atoms with Crippen LogP contribution in [0.1, 0.15) is 29.2 Å². The molecule has 4 N–H and O–H groups in total. The molecular weight excluding hydrogens is 328 g/mol. The Kier molecular flexibility index (Phi) is 5.78. The van der Waals surface area contributed by atoms with Crippen molar-refractivity contribution >= 4 is 17.9 Å². The molecule has 1 fully saturated rings. The highest BCUT2D eigenvalue weighted by atomic mass is 16.2. The minimum Gasteiger partial charge on any atom is -0.271 e. The van der Waals surface area contributed by atoms with Crippen molar-refractivity contribution in [2.45, 2.75) is 25.4 Å². The fraction of sp³-hybridized carbons (Fsp3) is 0.200. The summed E-state index contributed by atoms with van der Waals surface area (Å²) < 4.78 is 0. The summed E-state index contributed by atoms with van der Waals surface area (Å²) in [6, 6.07) is 17.3. The number of benzene rings is 2. The van der Waals surface area contributed by atoms with E-state index in [1.54, 1.807) is 6.08 Å². The molecule has 2 atom stereocenters. The van der Waals surface area contributed by atoms with Crippen LogP contribution in [0.5, 0.6) is 0 Å². The van der Waals surface area contributed by atoms with Gasteiger partial charge in [-0.3, -0.25) is 20.4 Å². The molecule has 2 unspecified atom stereocenters. The standard InChI is InChI=1S/C20H22N4O2/c1-14-6-5-7-15(12-14)10-11-19(25)23-24-20(26)18-13-17(21-22-18)16-8-3-2-4-9-16/h2-12,17-18,21-22H,13H2,1H3,(H,23,25)(H,24,26)/b11-10+. The molecule has 3 rings (SSSR count). The van der Waals surface area contributed by atoms with Gasteiger partial charge in [0.2, 0.25) is 0 Å². The maximum atomic E-state index is 12.2. The zero-order chi connectivity index (χ0) is 18.4. The number of carbonyl (C=O) groups excluding carboxylic acids is 2. The molecule has 0 aromatic heterocycles. The summed E-state index contributed by atoms with van der Waals surface area (Å²) in [7, 11) is 0. The van der Waals surface area contributed by atoms with E-state index in [-0.39, 0.29) is 17.9 Å². The highest BCUT2D eigenvalue weighted by Crippen LogP contribution is 2.21. The fourth-order valence-corrected chi connectivity index (χ4v) is 2.83. The molecule has 0 bridgehead atoms. The Balaban J connectivity index is 1.46. The fourth-order valence-electron chi connectivity index (χ4n) is 2.83. The van der Waals surface area contributed by atoms with E-state index in [1.165, 1.54) is 6.08 Å². The normalized spacial score (nSPS) is 19.4. The number of hydrogen-bond donors (Lipinski definition) is 4. The molecule has 1 heterocycles. The van der Waals surface area contributed by atoms with Crippen molar-refractivity contribution in [2.75, 3.05) is 0 Å². The van der Waals surface area contributed by atoms with Crippen molar-refractivity contribution in [1.82, 2.24) is 21.7 Å². The van der Waals surface area contributed by atoms with Crippen LogP contribution in [0, 0.1) is 6.92 Å². The van der Waals surface area contributed by atoms with Gasteiger partial charge in [0.1, 0.15) is 6.04 Å². The molecule has 2 amide bonds. The Bertz CT molecular complexity index is 804. The van der Waals surface area contributed by atoms with E-state index in [0.29, 0.717) is 6.42 Å². The first-order chi connectivity index (χ1) is 12.6. The van der Waals surface area contributed by atoms with Gasteiger partial charge in [-0.1, -0.05) is 60.2 Å². The number of carbonyl (C=O) groups is 2. The van der Waals surface area contributed by atoms with Crippen molar-refractivity contribution in [3.63, 3.8) is 0 Å². The lowest BCUT2D eigenvalue weighted by atomic mass is 10.0. The van der Waals surface area contributed by atoms with Crippen LogP contribution in [0.3, 0.4) is 0 Å². The van der Waals surface area contributed by atoms with E-state index >= 15 is 0 Å². The molecule has 2 aromatic carbocycles. The summed E-state index contributed by atoms with van der Waals surface area (Å²) in [5.74, 6) is -0.668. The van der Waals surface area contributed by atoms with Crippen LogP contribution in [0.4, 0.5) is 0 Å². The van der Waals surface area contributed by atoms with Gasteiger partial charge >= 0.3 is 0 Å². The van der Waals surface area contributed by atoms with Crippen molar-refractivity contribution in [1.29, 1.82) is 0 Å². The van der Waals surface area contributed by atoms with Gasteiger partial charge in [0, 0.05) is 12.1 Å². The van der Waals surface area contributed by atoms with Crippen LogP contribution in [0.25, 0.3) is 6.08 Å². The average molecular weight is 350 g/mol. The lowest BCUT2D eigenvalue weighted by molar-refractivity contribution is -0.128. The number of rotatable bonds is 4. The van der Waals surface area contributed by atoms with E-state index in [0.717, 1.165) is 16.7 Å². The largest absolute Gasteiger partial charge is 0.271 e. The summed E-state index contributed by atoms with van der Waals surface area (Å²) in [5.41, 5.74) is 14.1. The molecule has 1 aliphatic rings. The summed E-state index contributed by atoms with van der Waals surface area (Å²) in [6.45, 7) is 1.99. The molecule has 0 spiro atoms. The van der Waals surface area contributed by atoms with Gasteiger partial charge in [0.15, 0.2) is 0 Å². The van der Waals surface area contributed by atoms with Crippen molar-refractivity contribution in [2.24, 2.45) is 0 Å². The van der Waals surface area contributed by atoms with Gasteiger partial charge in [-0.05, 0) is 30.5 Å². The molecule has 6 heteroatoms. The van der Waals surface area contributed by atoms with Gasteiger partial charge in [-0.15, -0.1) is 0 Å². The molecule has 26 heavy (non-hydrogen) atoms. The maximum Gasteiger partial charge on any atom is 0.262 e. The average Bonchev–Trinajstić information content (AvgIpc) is 3.15. The van der Waals surface area contributed by atoms with Crippen LogP contribution < -0.4 is 21.7 Å². The minimum absolute atomic E-state index is 0.0591. The molecule has 0 aliphatic carbocycles. The van der Waals surface area contributed by atoms with Gasteiger partial charge in [0.25, 0.3) is 11.8 Å². The molecule has 0 saturated carbocycles. The predicted octanol–water partition coefficient (Wildman–Crippen LogP) is 1.76. The zero-order valence-corrected chi connectivity index (χ0v) is 14.5. The molecule has 0 radical (unpaired) electrons. The minimum atomic E-state index is -0.416. The second kappa shape index (κ2) is 8.42. The number of aryl methyl sites for hydroxylation is 1. The summed E-state index contributed by atoms with van der Waals surface area (Å²) in [5, 5.41) is 0. The lowest BCUT2D eigenvalue weighted by Crippen LogP contribution is -2.49. The summed E-state index contributed by atoms with van der Waals surface area (Å²) in [6.07, 6.45) is 3.70. The highest BCUT2D eigenvalue weighted by Gasteiger charge is 2.30. The van der Waals surface area contributed by atoms with Crippen molar-refractivity contribution in [3.8, 4) is 0 Å². The van der Waals surface area contributed by atoms with Gasteiger partial charge in [-0.25, -0.2) is 10.9 Å². The van der Waals surface area contributed by atoms with E-state index < -0.39 is 6.04 Å². The second-order valence-corrected chi connectivity index (χ2v) is 6.27. The van der Waals surface area contributed by atoms with Gasteiger partial charge < -0.3 is 0 Å². The third kappa shape index (κ3) is 4.78. The van der Waals surface area contributed by atoms with Crippen LogP contribution in [-0.4, -0.2) is 17.9 Å². The first-order valence-corrected chi connectivity index (χ1v) is 8.52. The number of hydrazine groups is 2. The third-order valence-corrected chi connectivity index (χ3v) is 4.20. The number of nitrogens with one attached hydrogen (secondary N) is 4. The van der Waals surface area contributed by atoms with Gasteiger partial charge in [-0.2, -0.15) is 0 Å². The summed E-state index contributed by atoms with van der Waals surface area (Å²) >= 11 is 0. The monoisotopic (exact) mass is 350 g/mol. The third-order valence-electron chi connectivity index (χ3n) is 4.20. The number of hydrogen-bond acceptors (Lipinski definition) is 4. The first kappa shape index (κ1) is 17.8. The van der Waals surface area contributed by atoms with E-state index in [9.17, 15) is 9.59 Å². The first-order valence-electron chi connectivity index (χ1n) is 8.52. The van der Waals surface area contributed by atoms with Crippen LogP contribution in [0.15, 0.2) is 60.7 Å². The van der Waals surface area contributed by atoms with E-state index in [1.807, 2.05) is 61.5 Å².